The molecule has 0 radical (unpaired) electrons. The van der Waals surface area contributed by atoms with Crippen molar-refractivity contribution in [2.75, 3.05) is 5.32 Å². The van der Waals surface area contributed by atoms with Crippen LogP contribution >= 0.6 is 22.6 Å². The standard InChI is InChI=1S/C16H24IN/c1-12-14(17)7-4-8-15(12)18-13-6-5-10-16(2,3)11-9-13/h4,7-8,13,18H,5-6,9-11H2,1-3H3. The van der Waals surface area contributed by atoms with E-state index in [0.717, 1.165) is 0 Å². The van der Waals surface area contributed by atoms with Crippen molar-refractivity contribution in [3.8, 4) is 0 Å². The Labute approximate surface area is 125 Å². The average molecular weight is 357 g/mol. The van der Waals surface area contributed by atoms with Gasteiger partial charge < -0.3 is 5.32 Å². The SMILES string of the molecule is Cc1c(I)cccc1NC1CCCC(C)(C)CC1. The van der Waals surface area contributed by atoms with Crippen LogP contribution in [0.3, 0.4) is 0 Å². The van der Waals surface area contributed by atoms with Gasteiger partial charge in [0.05, 0.1) is 0 Å². The zero-order valence-corrected chi connectivity index (χ0v) is 13.9. The van der Waals surface area contributed by atoms with Crippen LogP contribution in [-0.4, -0.2) is 6.04 Å². The molecule has 0 aromatic heterocycles. The quantitative estimate of drug-likeness (QED) is 0.554. The molecule has 1 fully saturated rings. The Morgan fingerprint density at radius 2 is 2.00 bits per heavy atom. The van der Waals surface area contributed by atoms with Gasteiger partial charge in [-0.05, 0) is 78.3 Å². The number of hydrogen-bond donors (Lipinski definition) is 1. The zero-order valence-electron chi connectivity index (χ0n) is 11.7. The maximum Gasteiger partial charge on any atom is 0.0382 e. The highest BCUT2D eigenvalue weighted by Gasteiger charge is 2.24. The van der Waals surface area contributed by atoms with Crippen LogP contribution in [0.1, 0.15) is 51.5 Å². The van der Waals surface area contributed by atoms with Crippen molar-refractivity contribution in [1.29, 1.82) is 0 Å². The van der Waals surface area contributed by atoms with Gasteiger partial charge in [-0.1, -0.05) is 26.3 Å². The molecule has 100 valence electrons. The molecule has 1 nitrogen and oxygen atoms in total. The number of hydrogen-bond acceptors (Lipinski definition) is 1. The molecule has 1 saturated carbocycles. The Bertz CT molecular complexity index is 412. The minimum atomic E-state index is 0.538. The van der Waals surface area contributed by atoms with Crippen molar-refractivity contribution >= 4 is 28.3 Å². The van der Waals surface area contributed by atoms with E-state index in [1.165, 1.54) is 46.9 Å². The molecule has 1 aromatic carbocycles. The van der Waals surface area contributed by atoms with Crippen LogP contribution in [0.2, 0.25) is 0 Å². The summed E-state index contributed by atoms with van der Waals surface area (Å²) >= 11 is 2.42. The first-order valence-corrected chi connectivity index (χ1v) is 8.07. The molecule has 1 N–H and O–H groups in total. The van der Waals surface area contributed by atoms with E-state index >= 15 is 0 Å². The second kappa shape index (κ2) is 5.81. The summed E-state index contributed by atoms with van der Waals surface area (Å²) in [5.74, 6) is 0. The molecular formula is C16H24IN. The molecule has 1 atom stereocenters. The summed E-state index contributed by atoms with van der Waals surface area (Å²) in [6.45, 7) is 7.03. The molecule has 0 saturated heterocycles. The monoisotopic (exact) mass is 357 g/mol. The van der Waals surface area contributed by atoms with E-state index in [-0.39, 0.29) is 0 Å². The van der Waals surface area contributed by atoms with Crippen LogP contribution in [0.15, 0.2) is 18.2 Å². The third-order valence-electron chi connectivity index (χ3n) is 4.20. The van der Waals surface area contributed by atoms with E-state index in [0.29, 0.717) is 11.5 Å². The second-order valence-corrected chi connectivity index (χ2v) is 7.51. The first kappa shape index (κ1) is 14.2. The third kappa shape index (κ3) is 3.62. The van der Waals surface area contributed by atoms with Gasteiger partial charge in [0, 0.05) is 15.3 Å². The number of anilines is 1. The normalized spacial score (nSPS) is 23.4. The summed E-state index contributed by atoms with van der Waals surface area (Å²) in [4.78, 5) is 0. The largest absolute Gasteiger partial charge is 0.382 e. The predicted molar refractivity (Wildman–Crippen MR) is 88.2 cm³/mol. The highest BCUT2D eigenvalue weighted by atomic mass is 127. The molecule has 2 heteroatoms. The lowest BCUT2D eigenvalue weighted by atomic mass is 9.85. The second-order valence-electron chi connectivity index (χ2n) is 6.35. The van der Waals surface area contributed by atoms with E-state index in [2.05, 4.69) is 66.9 Å². The minimum Gasteiger partial charge on any atom is -0.382 e. The van der Waals surface area contributed by atoms with Crippen molar-refractivity contribution in [1.82, 2.24) is 0 Å². The lowest BCUT2D eigenvalue weighted by Crippen LogP contribution is -2.20. The van der Waals surface area contributed by atoms with Crippen LogP contribution in [-0.2, 0) is 0 Å². The van der Waals surface area contributed by atoms with Gasteiger partial charge in [0.2, 0.25) is 0 Å². The summed E-state index contributed by atoms with van der Waals surface area (Å²) < 4.78 is 1.35. The number of halogens is 1. The van der Waals surface area contributed by atoms with Crippen LogP contribution in [0, 0.1) is 15.9 Å². The molecule has 1 aliphatic rings. The van der Waals surface area contributed by atoms with Gasteiger partial charge in [-0.25, -0.2) is 0 Å². The molecule has 1 unspecified atom stereocenters. The van der Waals surface area contributed by atoms with Gasteiger partial charge in [-0.15, -0.1) is 0 Å². The number of benzene rings is 1. The Kier molecular flexibility index (Phi) is 4.57. The summed E-state index contributed by atoms with van der Waals surface area (Å²) in [5.41, 5.74) is 3.25. The highest BCUT2D eigenvalue weighted by Crippen LogP contribution is 2.35. The van der Waals surface area contributed by atoms with Crippen molar-refractivity contribution in [2.45, 2.75) is 58.9 Å². The lowest BCUT2D eigenvalue weighted by molar-refractivity contribution is 0.313. The maximum absolute atomic E-state index is 3.76. The topological polar surface area (TPSA) is 12.0 Å². The number of nitrogens with one attached hydrogen (secondary N) is 1. The lowest BCUT2D eigenvalue weighted by Gasteiger charge is -2.23. The predicted octanol–water partition coefficient (Wildman–Crippen LogP) is 5.37. The fourth-order valence-electron chi connectivity index (χ4n) is 2.79. The fraction of sp³-hybridized carbons (Fsp3) is 0.625. The maximum atomic E-state index is 3.76. The molecule has 1 aliphatic carbocycles. The van der Waals surface area contributed by atoms with Gasteiger partial charge in [0.15, 0.2) is 0 Å². The van der Waals surface area contributed by atoms with Crippen molar-refractivity contribution in [3.63, 3.8) is 0 Å². The smallest absolute Gasteiger partial charge is 0.0382 e. The number of rotatable bonds is 2. The minimum absolute atomic E-state index is 0.538. The van der Waals surface area contributed by atoms with E-state index in [9.17, 15) is 0 Å². The van der Waals surface area contributed by atoms with Crippen LogP contribution in [0.25, 0.3) is 0 Å². The average Bonchev–Trinajstić information content (AvgIpc) is 2.47. The van der Waals surface area contributed by atoms with Gasteiger partial charge in [0.25, 0.3) is 0 Å². The molecule has 0 spiro atoms. The molecule has 1 aromatic rings. The summed E-state index contributed by atoms with van der Waals surface area (Å²) in [6.07, 6.45) is 6.68. The Hall–Kier alpha value is -0.250. The Balaban J connectivity index is 2.03. The van der Waals surface area contributed by atoms with Crippen LogP contribution in [0.5, 0.6) is 0 Å². The molecule has 0 amide bonds. The Morgan fingerprint density at radius 1 is 1.22 bits per heavy atom. The molecule has 18 heavy (non-hydrogen) atoms. The van der Waals surface area contributed by atoms with E-state index in [4.69, 9.17) is 0 Å². The molecule has 0 bridgehead atoms. The Morgan fingerprint density at radius 3 is 2.78 bits per heavy atom. The zero-order chi connectivity index (χ0) is 13.2. The highest BCUT2D eigenvalue weighted by molar-refractivity contribution is 14.1. The summed E-state index contributed by atoms with van der Waals surface area (Å²) in [6, 6.07) is 7.20. The fourth-order valence-corrected chi connectivity index (χ4v) is 3.29. The van der Waals surface area contributed by atoms with Gasteiger partial charge in [-0.2, -0.15) is 0 Å². The molecule has 0 heterocycles. The van der Waals surface area contributed by atoms with Crippen molar-refractivity contribution in [2.24, 2.45) is 5.41 Å². The van der Waals surface area contributed by atoms with Crippen molar-refractivity contribution in [3.05, 3.63) is 27.3 Å². The van der Waals surface area contributed by atoms with Crippen LogP contribution in [0.4, 0.5) is 5.69 Å². The van der Waals surface area contributed by atoms with Gasteiger partial charge in [0.1, 0.15) is 0 Å². The first-order chi connectivity index (χ1) is 8.48. The van der Waals surface area contributed by atoms with E-state index in [1.54, 1.807) is 0 Å². The molecule has 0 aliphatic heterocycles. The third-order valence-corrected chi connectivity index (χ3v) is 5.37. The molecular weight excluding hydrogens is 333 g/mol. The summed E-state index contributed by atoms with van der Waals surface area (Å²) in [5, 5.41) is 3.76. The van der Waals surface area contributed by atoms with Gasteiger partial charge >= 0.3 is 0 Å². The summed E-state index contributed by atoms with van der Waals surface area (Å²) in [7, 11) is 0. The van der Waals surface area contributed by atoms with Crippen LogP contribution < -0.4 is 5.32 Å². The van der Waals surface area contributed by atoms with E-state index in [1.807, 2.05) is 0 Å². The van der Waals surface area contributed by atoms with Crippen molar-refractivity contribution < 1.29 is 0 Å². The molecule has 2 rings (SSSR count). The van der Waals surface area contributed by atoms with E-state index < -0.39 is 0 Å². The first-order valence-electron chi connectivity index (χ1n) is 7.00. The van der Waals surface area contributed by atoms with Gasteiger partial charge in [-0.3, -0.25) is 0 Å².